The van der Waals surface area contributed by atoms with Crippen LogP contribution in [0.3, 0.4) is 0 Å². The van der Waals surface area contributed by atoms with E-state index in [4.69, 9.17) is 9.15 Å². The Morgan fingerprint density at radius 3 is 3.09 bits per heavy atom. The molecule has 1 amide bonds. The first kappa shape index (κ1) is 14.8. The van der Waals surface area contributed by atoms with Crippen LogP contribution in [0.15, 0.2) is 35.2 Å². The zero-order valence-electron chi connectivity index (χ0n) is 12.9. The Hall–Kier alpha value is -2.08. The Bertz CT molecular complexity index is 620. The molecule has 2 atom stereocenters. The predicted octanol–water partition coefficient (Wildman–Crippen LogP) is 2.23. The summed E-state index contributed by atoms with van der Waals surface area (Å²) in [5.41, 5.74) is 0.976. The van der Waals surface area contributed by atoms with Crippen LogP contribution in [-0.2, 0) is 22.6 Å². The van der Waals surface area contributed by atoms with Gasteiger partial charge in [0.2, 0.25) is 5.91 Å². The van der Waals surface area contributed by atoms with E-state index in [9.17, 15) is 4.79 Å². The quantitative estimate of drug-likeness (QED) is 0.850. The van der Waals surface area contributed by atoms with Gasteiger partial charge in [0.25, 0.3) is 0 Å². The Morgan fingerprint density at radius 1 is 1.55 bits per heavy atom. The molecular weight excluding hydrogens is 282 g/mol. The minimum absolute atomic E-state index is 0.0862. The van der Waals surface area contributed by atoms with Crippen LogP contribution in [0.2, 0.25) is 0 Å². The van der Waals surface area contributed by atoms with E-state index in [0.29, 0.717) is 13.2 Å². The lowest BCUT2D eigenvalue weighted by molar-refractivity contribution is -0.136. The zero-order chi connectivity index (χ0) is 15.5. The molecule has 0 unspecified atom stereocenters. The molecule has 6 nitrogen and oxygen atoms in total. The van der Waals surface area contributed by atoms with Crippen molar-refractivity contribution in [3.63, 3.8) is 0 Å². The Balaban J connectivity index is 1.70. The van der Waals surface area contributed by atoms with Gasteiger partial charge >= 0.3 is 0 Å². The van der Waals surface area contributed by atoms with Crippen molar-refractivity contribution < 1.29 is 13.9 Å². The Kier molecular flexibility index (Phi) is 4.29. The van der Waals surface area contributed by atoms with Crippen LogP contribution in [0.25, 0.3) is 0 Å². The first-order valence-electron chi connectivity index (χ1n) is 7.60. The Morgan fingerprint density at radius 2 is 2.41 bits per heavy atom. The number of ether oxygens (including phenoxy) is 1. The number of rotatable bonds is 5. The molecule has 22 heavy (non-hydrogen) atoms. The van der Waals surface area contributed by atoms with Gasteiger partial charge in [-0.1, -0.05) is 0 Å². The molecule has 0 N–H and O–H groups in total. The third-order valence-electron chi connectivity index (χ3n) is 4.06. The summed E-state index contributed by atoms with van der Waals surface area (Å²) in [5.74, 6) is 0.711. The van der Waals surface area contributed by atoms with Gasteiger partial charge in [-0.25, -0.2) is 0 Å². The van der Waals surface area contributed by atoms with Crippen molar-refractivity contribution >= 4 is 5.91 Å². The molecule has 1 aliphatic rings. The van der Waals surface area contributed by atoms with Crippen molar-refractivity contribution in [1.82, 2.24) is 14.7 Å². The van der Waals surface area contributed by atoms with Crippen LogP contribution in [0.1, 0.15) is 30.8 Å². The maximum absolute atomic E-state index is 12.7. The summed E-state index contributed by atoms with van der Waals surface area (Å²) < 4.78 is 13.0. The second-order valence-electron chi connectivity index (χ2n) is 5.59. The number of hydrogen-bond donors (Lipinski definition) is 0. The van der Waals surface area contributed by atoms with E-state index >= 15 is 0 Å². The summed E-state index contributed by atoms with van der Waals surface area (Å²) in [6.45, 7) is 3.92. The molecule has 3 rings (SSSR count). The van der Waals surface area contributed by atoms with Gasteiger partial charge in [0, 0.05) is 32.0 Å². The van der Waals surface area contributed by atoms with Gasteiger partial charge in [0.15, 0.2) is 0 Å². The Labute approximate surface area is 129 Å². The molecule has 0 radical (unpaired) electrons. The van der Waals surface area contributed by atoms with Crippen LogP contribution in [0.4, 0.5) is 0 Å². The van der Waals surface area contributed by atoms with Gasteiger partial charge in [-0.3, -0.25) is 9.48 Å². The minimum atomic E-state index is -0.202. The molecule has 1 fully saturated rings. The average Bonchev–Trinajstić information content (AvgIpc) is 3.26. The van der Waals surface area contributed by atoms with Crippen LogP contribution >= 0.6 is 0 Å². The average molecular weight is 303 g/mol. The van der Waals surface area contributed by atoms with E-state index in [1.807, 2.05) is 29.9 Å². The van der Waals surface area contributed by atoms with E-state index < -0.39 is 0 Å². The van der Waals surface area contributed by atoms with Crippen LogP contribution < -0.4 is 0 Å². The third kappa shape index (κ3) is 2.92. The van der Waals surface area contributed by atoms with Gasteiger partial charge < -0.3 is 14.1 Å². The van der Waals surface area contributed by atoms with Crippen molar-refractivity contribution in [1.29, 1.82) is 0 Å². The highest BCUT2D eigenvalue weighted by atomic mass is 16.5. The molecule has 0 saturated carbocycles. The molecule has 6 heteroatoms. The van der Waals surface area contributed by atoms with E-state index in [-0.39, 0.29) is 17.9 Å². The topological polar surface area (TPSA) is 60.5 Å². The maximum Gasteiger partial charge on any atom is 0.228 e. The van der Waals surface area contributed by atoms with Crippen LogP contribution in [0.5, 0.6) is 0 Å². The van der Waals surface area contributed by atoms with Crippen molar-refractivity contribution in [2.24, 2.45) is 5.92 Å². The van der Waals surface area contributed by atoms with E-state index in [2.05, 4.69) is 5.10 Å². The van der Waals surface area contributed by atoms with Crippen molar-refractivity contribution in [2.75, 3.05) is 13.7 Å². The molecule has 1 saturated heterocycles. The summed E-state index contributed by atoms with van der Waals surface area (Å²) in [4.78, 5) is 14.4. The summed E-state index contributed by atoms with van der Waals surface area (Å²) in [7, 11) is 1.80. The molecule has 1 aliphatic heterocycles. The second kappa shape index (κ2) is 6.36. The number of amides is 1. The molecule has 3 heterocycles. The molecule has 0 bridgehead atoms. The maximum atomic E-state index is 12.7. The molecule has 0 aromatic carbocycles. The van der Waals surface area contributed by atoms with Gasteiger partial charge in [-0.05, 0) is 25.5 Å². The fourth-order valence-electron chi connectivity index (χ4n) is 2.87. The highest BCUT2D eigenvalue weighted by Gasteiger charge is 2.37. The van der Waals surface area contributed by atoms with E-state index in [1.54, 1.807) is 24.4 Å². The number of aryl methyl sites for hydroxylation is 1. The molecule has 0 aliphatic carbocycles. The minimum Gasteiger partial charge on any atom is -0.467 e. The summed E-state index contributed by atoms with van der Waals surface area (Å²) >= 11 is 0. The van der Waals surface area contributed by atoms with E-state index in [1.165, 1.54) is 0 Å². The van der Waals surface area contributed by atoms with Crippen LogP contribution in [0, 0.1) is 5.92 Å². The normalized spacial score (nSPS) is 21.2. The first-order chi connectivity index (χ1) is 10.7. The lowest BCUT2D eigenvalue weighted by Crippen LogP contribution is -2.33. The number of aromatic nitrogens is 2. The van der Waals surface area contributed by atoms with Crippen molar-refractivity contribution in [3.05, 3.63) is 42.1 Å². The number of furan rings is 1. The van der Waals surface area contributed by atoms with Gasteiger partial charge in [-0.15, -0.1) is 0 Å². The first-order valence-corrected chi connectivity index (χ1v) is 7.60. The van der Waals surface area contributed by atoms with E-state index in [0.717, 1.165) is 24.3 Å². The fraction of sp³-hybridized carbons (Fsp3) is 0.500. The highest BCUT2D eigenvalue weighted by Crippen LogP contribution is 2.35. The number of carbonyl (C=O) groups excluding carboxylic acids is 1. The summed E-state index contributed by atoms with van der Waals surface area (Å²) in [5, 5.41) is 4.28. The molecule has 2 aromatic rings. The zero-order valence-corrected chi connectivity index (χ0v) is 12.9. The van der Waals surface area contributed by atoms with Gasteiger partial charge in [-0.2, -0.15) is 5.10 Å². The van der Waals surface area contributed by atoms with Crippen molar-refractivity contribution in [2.45, 2.75) is 32.5 Å². The monoisotopic (exact) mass is 303 g/mol. The number of nitrogens with zero attached hydrogens (tertiary/aromatic N) is 3. The molecule has 2 aromatic heterocycles. The SMILES string of the molecule is CCn1cc([C@H]2OCC[C@@H]2C(=O)N(C)Cc2ccco2)cn1. The predicted molar refractivity (Wildman–Crippen MR) is 79.9 cm³/mol. The lowest BCUT2D eigenvalue weighted by atomic mass is 9.96. The largest absolute Gasteiger partial charge is 0.467 e. The smallest absolute Gasteiger partial charge is 0.228 e. The highest BCUT2D eigenvalue weighted by molar-refractivity contribution is 5.79. The summed E-state index contributed by atoms with van der Waals surface area (Å²) in [6.07, 6.45) is 5.92. The standard InChI is InChI=1S/C16H21N3O3/c1-3-19-10-12(9-17-19)15-14(6-8-22-15)16(20)18(2)11-13-5-4-7-21-13/h4-5,7,9-10,14-15H,3,6,8,11H2,1-2H3/t14-,15+/m0/s1. The third-order valence-corrected chi connectivity index (χ3v) is 4.06. The molecular formula is C16H21N3O3. The van der Waals surface area contributed by atoms with Crippen LogP contribution in [-0.4, -0.2) is 34.2 Å². The number of hydrogen-bond acceptors (Lipinski definition) is 4. The van der Waals surface area contributed by atoms with Crippen molar-refractivity contribution in [3.8, 4) is 0 Å². The molecule has 0 spiro atoms. The lowest BCUT2D eigenvalue weighted by Gasteiger charge is -2.23. The second-order valence-corrected chi connectivity index (χ2v) is 5.59. The number of carbonyl (C=O) groups is 1. The van der Waals surface area contributed by atoms with Gasteiger partial charge in [0.1, 0.15) is 5.76 Å². The van der Waals surface area contributed by atoms with Gasteiger partial charge in [0.05, 0.1) is 31.0 Å². The fourth-order valence-corrected chi connectivity index (χ4v) is 2.87. The summed E-state index contributed by atoms with van der Waals surface area (Å²) in [6, 6.07) is 3.70. The molecule has 118 valence electrons.